The van der Waals surface area contributed by atoms with Crippen molar-refractivity contribution in [3.63, 3.8) is 0 Å². The number of benzene rings is 3. The standard InChI is InChI=1S/C33H38O6/c1-5-10-20-16-26(28(34)18-22(20)12-7-3)33(25-15-9-14-24(31(36)37)30(25)32(38)39-33)27-17-21(11-6-2)23(13-8-4)19-29(27)35/h9,14-19,34-35H,5-8,10-13H2,1-4H3,(H,36,37). The van der Waals surface area contributed by atoms with Gasteiger partial charge in [-0.15, -0.1) is 0 Å². The molecule has 0 radical (unpaired) electrons. The molecule has 3 N–H and O–H groups in total. The minimum atomic E-state index is -1.72. The first-order chi connectivity index (χ1) is 18.7. The molecule has 6 nitrogen and oxygen atoms in total. The first-order valence-corrected chi connectivity index (χ1v) is 14.0. The number of aromatic hydroxyl groups is 2. The molecule has 0 saturated carbocycles. The third-order valence-corrected chi connectivity index (χ3v) is 7.60. The maximum atomic E-state index is 13.5. The number of cyclic esters (lactones) is 1. The summed E-state index contributed by atoms with van der Waals surface area (Å²) in [5.41, 5.74) is 3.09. The van der Waals surface area contributed by atoms with E-state index < -0.39 is 17.5 Å². The van der Waals surface area contributed by atoms with Crippen LogP contribution in [0.3, 0.4) is 0 Å². The van der Waals surface area contributed by atoms with E-state index in [1.54, 1.807) is 24.3 Å². The van der Waals surface area contributed by atoms with Crippen molar-refractivity contribution >= 4 is 11.9 Å². The summed E-state index contributed by atoms with van der Waals surface area (Å²) in [6.07, 6.45) is 6.66. The van der Waals surface area contributed by atoms with Gasteiger partial charge in [-0.25, -0.2) is 9.59 Å². The van der Waals surface area contributed by atoms with Gasteiger partial charge >= 0.3 is 11.9 Å². The third-order valence-electron chi connectivity index (χ3n) is 7.60. The van der Waals surface area contributed by atoms with Crippen LogP contribution >= 0.6 is 0 Å². The number of aromatic carboxylic acids is 1. The Morgan fingerprint density at radius 1 is 0.718 bits per heavy atom. The lowest BCUT2D eigenvalue weighted by Gasteiger charge is -2.33. The molecule has 206 valence electrons. The fourth-order valence-corrected chi connectivity index (χ4v) is 5.96. The lowest BCUT2D eigenvalue weighted by atomic mass is 9.76. The topological polar surface area (TPSA) is 104 Å². The number of rotatable bonds is 11. The second-order valence-electron chi connectivity index (χ2n) is 10.4. The maximum absolute atomic E-state index is 13.5. The summed E-state index contributed by atoms with van der Waals surface area (Å²) in [6, 6.07) is 11.8. The summed E-state index contributed by atoms with van der Waals surface area (Å²) in [7, 11) is 0. The summed E-state index contributed by atoms with van der Waals surface area (Å²) in [5, 5.41) is 32.9. The number of phenols is 2. The molecule has 0 amide bonds. The highest BCUT2D eigenvalue weighted by Gasteiger charge is 2.53. The summed E-state index contributed by atoms with van der Waals surface area (Å²) >= 11 is 0. The van der Waals surface area contributed by atoms with Crippen LogP contribution in [0.15, 0.2) is 42.5 Å². The Morgan fingerprint density at radius 3 is 1.56 bits per heavy atom. The molecule has 3 aromatic rings. The Hall–Kier alpha value is -3.80. The SMILES string of the molecule is CCCc1cc(O)c(C2(c3cc(CCC)c(CCC)cc3O)OC(=O)c3c(C(=O)O)cccc32)cc1CCC. The molecular weight excluding hydrogens is 492 g/mol. The van der Waals surface area contributed by atoms with E-state index in [9.17, 15) is 24.9 Å². The van der Waals surface area contributed by atoms with E-state index in [0.717, 1.165) is 73.6 Å². The normalized spacial score (nSPS) is 13.8. The van der Waals surface area contributed by atoms with Crippen molar-refractivity contribution in [1.29, 1.82) is 0 Å². The van der Waals surface area contributed by atoms with Crippen molar-refractivity contribution in [3.05, 3.63) is 92.5 Å². The number of hydrogen-bond acceptors (Lipinski definition) is 5. The van der Waals surface area contributed by atoms with E-state index in [0.29, 0.717) is 16.7 Å². The van der Waals surface area contributed by atoms with Crippen LogP contribution in [0, 0.1) is 0 Å². The molecule has 1 aliphatic rings. The molecule has 0 saturated heterocycles. The molecule has 0 aliphatic carbocycles. The van der Waals surface area contributed by atoms with Crippen LogP contribution in [0.4, 0.5) is 0 Å². The van der Waals surface area contributed by atoms with E-state index in [4.69, 9.17) is 4.74 Å². The zero-order valence-corrected chi connectivity index (χ0v) is 23.3. The Labute approximate surface area is 230 Å². The molecule has 4 rings (SSSR count). The average Bonchev–Trinajstić information content (AvgIpc) is 3.20. The Morgan fingerprint density at radius 2 is 1.15 bits per heavy atom. The van der Waals surface area contributed by atoms with Gasteiger partial charge in [0.1, 0.15) is 11.5 Å². The molecule has 0 atom stereocenters. The summed E-state index contributed by atoms with van der Waals surface area (Å²) in [5.74, 6) is -2.17. The van der Waals surface area contributed by atoms with E-state index in [1.807, 2.05) is 12.1 Å². The molecule has 6 heteroatoms. The minimum absolute atomic E-state index is 0.0613. The predicted molar refractivity (Wildman–Crippen MR) is 151 cm³/mol. The van der Waals surface area contributed by atoms with Gasteiger partial charge in [0.05, 0.1) is 11.1 Å². The molecule has 0 bridgehead atoms. The Bertz CT molecular complexity index is 1340. The predicted octanol–water partition coefficient (Wildman–Crippen LogP) is 7.07. The van der Waals surface area contributed by atoms with Crippen molar-refractivity contribution in [2.75, 3.05) is 0 Å². The van der Waals surface area contributed by atoms with Crippen molar-refractivity contribution in [2.45, 2.75) is 84.7 Å². The fourth-order valence-electron chi connectivity index (χ4n) is 5.96. The number of ether oxygens (including phenoxy) is 1. The second-order valence-corrected chi connectivity index (χ2v) is 10.4. The van der Waals surface area contributed by atoms with Gasteiger partial charge in [0, 0.05) is 16.7 Å². The summed E-state index contributed by atoms with van der Waals surface area (Å²) < 4.78 is 6.19. The first-order valence-electron chi connectivity index (χ1n) is 14.0. The summed E-state index contributed by atoms with van der Waals surface area (Å²) in [6.45, 7) is 8.32. The highest BCUT2D eigenvalue weighted by molar-refractivity contribution is 6.06. The zero-order chi connectivity index (χ0) is 28.3. The highest BCUT2D eigenvalue weighted by atomic mass is 16.6. The van der Waals surface area contributed by atoms with Crippen LogP contribution in [0.1, 0.15) is 113 Å². The number of phenolic OH excluding ortho intramolecular Hbond substituents is 2. The summed E-state index contributed by atoms with van der Waals surface area (Å²) in [4.78, 5) is 25.6. The molecule has 39 heavy (non-hydrogen) atoms. The largest absolute Gasteiger partial charge is 0.507 e. The van der Waals surface area contributed by atoms with Crippen LogP contribution in [0.5, 0.6) is 11.5 Å². The Balaban J connectivity index is 2.14. The van der Waals surface area contributed by atoms with E-state index >= 15 is 0 Å². The van der Waals surface area contributed by atoms with Crippen molar-refractivity contribution in [2.24, 2.45) is 0 Å². The lowest BCUT2D eigenvalue weighted by Crippen LogP contribution is -2.30. The monoisotopic (exact) mass is 530 g/mol. The van der Waals surface area contributed by atoms with Gasteiger partial charge < -0.3 is 20.1 Å². The number of carbonyl (C=O) groups excluding carboxylic acids is 1. The molecule has 0 spiro atoms. The van der Waals surface area contributed by atoms with Crippen LogP contribution in [-0.4, -0.2) is 27.3 Å². The lowest BCUT2D eigenvalue weighted by molar-refractivity contribution is 0.0236. The number of carboxylic acid groups (broad SMARTS) is 1. The van der Waals surface area contributed by atoms with Crippen molar-refractivity contribution in [3.8, 4) is 11.5 Å². The van der Waals surface area contributed by atoms with Crippen LogP contribution in [0.2, 0.25) is 0 Å². The quantitative estimate of drug-likeness (QED) is 0.229. The van der Waals surface area contributed by atoms with Gasteiger partial charge in [-0.2, -0.15) is 0 Å². The highest BCUT2D eigenvalue weighted by Crippen LogP contribution is 2.53. The van der Waals surface area contributed by atoms with Gasteiger partial charge in [-0.1, -0.05) is 65.5 Å². The third kappa shape index (κ3) is 4.88. The molecule has 0 unspecified atom stereocenters. The van der Waals surface area contributed by atoms with Gasteiger partial charge in [-0.05, 0) is 78.3 Å². The van der Waals surface area contributed by atoms with Crippen LogP contribution in [-0.2, 0) is 36.0 Å². The number of carbonyl (C=O) groups is 2. The molecule has 0 fully saturated rings. The van der Waals surface area contributed by atoms with Crippen LogP contribution < -0.4 is 0 Å². The average molecular weight is 531 g/mol. The van der Waals surface area contributed by atoms with Gasteiger partial charge in [-0.3, -0.25) is 0 Å². The fraction of sp³-hybridized carbons (Fsp3) is 0.394. The Kier molecular flexibility index (Phi) is 8.34. The van der Waals surface area contributed by atoms with E-state index in [1.165, 1.54) is 6.07 Å². The van der Waals surface area contributed by atoms with Gasteiger partial charge in [0.15, 0.2) is 5.60 Å². The van der Waals surface area contributed by atoms with Crippen molar-refractivity contribution < 1.29 is 29.6 Å². The van der Waals surface area contributed by atoms with E-state index in [-0.39, 0.29) is 22.6 Å². The first kappa shape index (κ1) is 28.2. The van der Waals surface area contributed by atoms with Crippen molar-refractivity contribution in [1.82, 2.24) is 0 Å². The molecule has 1 aliphatic heterocycles. The smallest absolute Gasteiger partial charge is 0.341 e. The molecule has 1 heterocycles. The molecule has 0 aromatic heterocycles. The van der Waals surface area contributed by atoms with Crippen LogP contribution in [0.25, 0.3) is 0 Å². The number of esters is 1. The maximum Gasteiger partial charge on any atom is 0.341 e. The second kappa shape index (κ2) is 11.5. The van der Waals surface area contributed by atoms with E-state index in [2.05, 4.69) is 27.7 Å². The number of fused-ring (bicyclic) bond motifs is 1. The number of carboxylic acids is 1. The molecular formula is C33H38O6. The van der Waals surface area contributed by atoms with Gasteiger partial charge in [0.25, 0.3) is 0 Å². The zero-order valence-electron chi connectivity index (χ0n) is 23.3. The number of aryl methyl sites for hydroxylation is 4. The molecule has 3 aromatic carbocycles. The minimum Gasteiger partial charge on any atom is -0.507 e. The van der Waals surface area contributed by atoms with Gasteiger partial charge in [0.2, 0.25) is 0 Å². The number of hydrogen-bond donors (Lipinski definition) is 3.